The molecule has 68 valence electrons. The highest BCUT2D eigenvalue weighted by atomic mass is 35.5. The Bertz CT molecular complexity index is 196. The second kappa shape index (κ2) is 6.04. The van der Waals surface area contributed by atoms with Gasteiger partial charge in [0.05, 0.1) is 0 Å². The summed E-state index contributed by atoms with van der Waals surface area (Å²) >= 11 is 0. The van der Waals surface area contributed by atoms with Crippen molar-refractivity contribution in [3.8, 4) is 0 Å². The monoisotopic (exact) mass is 185 g/mol. The standard InChI is InChI=1S/C10H15N.ClH/c1-9(11)7-8-10-5-3-2-4-6-10;/h2-6,9H,7-8,11H2,1H3;1H/t9-;/m0./s1. The number of aryl methyl sites for hydroxylation is 1. The lowest BCUT2D eigenvalue weighted by Crippen LogP contribution is -2.15. The molecule has 0 fully saturated rings. The Kier molecular flexibility index (Phi) is 5.77. The maximum absolute atomic E-state index is 5.64. The van der Waals surface area contributed by atoms with Crippen molar-refractivity contribution in [3.05, 3.63) is 35.9 Å². The van der Waals surface area contributed by atoms with E-state index in [4.69, 9.17) is 5.73 Å². The fraction of sp³-hybridized carbons (Fsp3) is 0.400. The van der Waals surface area contributed by atoms with Crippen LogP contribution in [0, 0.1) is 0 Å². The molecule has 0 radical (unpaired) electrons. The van der Waals surface area contributed by atoms with Crippen LogP contribution in [-0.2, 0) is 6.42 Å². The van der Waals surface area contributed by atoms with Gasteiger partial charge in [-0.3, -0.25) is 0 Å². The van der Waals surface area contributed by atoms with Gasteiger partial charge in [-0.15, -0.1) is 12.4 Å². The van der Waals surface area contributed by atoms with Crippen molar-refractivity contribution < 1.29 is 0 Å². The zero-order chi connectivity index (χ0) is 8.10. The van der Waals surface area contributed by atoms with Gasteiger partial charge in [-0.05, 0) is 25.3 Å². The quantitative estimate of drug-likeness (QED) is 0.769. The van der Waals surface area contributed by atoms with E-state index in [1.54, 1.807) is 0 Å². The Balaban J connectivity index is 0.00000121. The number of hydrogen-bond donors (Lipinski definition) is 1. The summed E-state index contributed by atoms with van der Waals surface area (Å²) in [5.41, 5.74) is 7.02. The largest absolute Gasteiger partial charge is 0.328 e. The number of hydrogen-bond acceptors (Lipinski definition) is 1. The van der Waals surface area contributed by atoms with Gasteiger partial charge in [0.15, 0.2) is 0 Å². The van der Waals surface area contributed by atoms with Crippen LogP contribution in [-0.4, -0.2) is 6.04 Å². The van der Waals surface area contributed by atoms with E-state index in [0.717, 1.165) is 12.8 Å². The van der Waals surface area contributed by atoms with Crippen LogP contribution < -0.4 is 5.73 Å². The molecule has 1 rings (SSSR count). The maximum atomic E-state index is 5.64. The lowest BCUT2D eigenvalue weighted by molar-refractivity contribution is 0.666. The summed E-state index contributed by atoms with van der Waals surface area (Å²) < 4.78 is 0. The molecule has 1 atom stereocenters. The minimum Gasteiger partial charge on any atom is -0.328 e. The smallest absolute Gasteiger partial charge is 0.00136 e. The molecule has 12 heavy (non-hydrogen) atoms. The molecule has 0 aliphatic carbocycles. The van der Waals surface area contributed by atoms with Gasteiger partial charge in [-0.2, -0.15) is 0 Å². The van der Waals surface area contributed by atoms with Crippen LogP contribution in [0.4, 0.5) is 0 Å². The van der Waals surface area contributed by atoms with Gasteiger partial charge < -0.3 is 5.73 Å². The highest BCUT2D eigenvalue weighted by molar-refractivity contribution is 5.85. The molecule has 0 aliphatic rings. The molecule has 0 saturated carbocycles. The molecule has 2 heteroatoms. The summed E-state index contributed by atoms with van der Waals surface area (Å²) in [4.78, 5) is 0. The Morgan fingerprint density at radius 2 is 1.83 bits per heavy atom. The average molecular weight is 186 g/mol. The first kappa shape index (κ1) is 11.5. The van der Waals surface area contributed by atoms with Gasteiger partial charge >= 0.3 is 0 Å². The molecule has 0 heterocycles. The van der Waals surface area contributed by atoms with Crippen molar-refractivity contribution in [2.24, 2.45) is 5.73 Å². The van der Waals surface area contributed by atoms with Crippen molar-refractivity contribution in [1.82, 2.24) is 0 Å². The van der Waals surface area contributed by atoms with E-state index in [-0.39, 0.29) is 12.4 Å². The molecule has 0 aromatic heterocycles. The third kappa shape index (κ3) is 4.37. The number of rotatable bonds is 3. The fourth-order valence-electron chi connectivity index (χ4n) is 1.04. The first-order valence-corrected chi connectivity index (χ1v) is 4.08. The molecule has 0 saturated heterocycles. The molecular weight excluding hydrogens is 170 g/mol. The fourth-order valence-corrected chi connectivity index (χ4v) is 1.04. The molecule has 0 aliphatic heterocycles. The van der Waals surface area contributed by atoms with E-state index < -0.39 is 0 Å². The van der Waals surface area contributed by atoms with Crippen molar-refractivity contribution >= 4 is 12.4 Å². The second-order valence-corrected chi connectivity index (χ2v) is 3.00. The molecule has 2 N–H and O–H groups in total. The highest BCUT2D eigenvalue weighted by Crippen LogP contribution is 2.02. The highest BCUT2D eigenvalue weighted by Gasteiger charge is 1.94. The first-order valence-electron chi connectivity index (χ1n) is 4.08. The summed E-state index contributed by atoms with van der Waals surface area (Å²) in [5.74, 6) is 0. The van der Waals surface area contributed by atoms with E-state index in [1.807, 2.05) is 13.0 Å². The topological polar surface area (TPSA) is 26.0 Å². The third-order valence-electron chi connectivity index (χ3n) is 1.73. The van der Waals surface area contributed by atoms with E-state index in [1.165, 1.54) is 5.56 Å². The second-order valence-electron chi connectivity index (χ2n) is 3.00. The molecule has 0 amide bonds. The van der Waals surface area contributed by atoms with E-state index in [9.17, 15) is 0 Å². The molecule has 1 aromatic rings. The van der Waals surface area contributed by atoms with E-state index in [2.05, 4.69) is 24.3 Å². The Morgan fingerprint density at radius 1 is 1.25 bits per heavy atom. The van der Waals surface area contributed by atoms with Crippen LogP contribution in [0.5, 0.6) is 0 Å². The minimum atomic E-state index is 0. The predicted molar refractivity (Wildman–Crippen MR) is 55.7 cm³/mol. The number of benzene rings is 1. The van der Waals surface area contributed by atoms with Crippen LogP contribution in [0.15, 0.2) is 30.3 Å². The molecule has 0 unspecified atom stereocenters. The van der Waals surface area contributed by atoms with Gasteiger partial charge in [0.1, 0.15) is 0 Å². The van der Waals surface area contributed by atoms with Crippen molar-refractivity contribution in [3.63, 3.8) is 0 Å². The Labute approximate surface area is 80.4 Å². The Morgan fingerprint density at radius 3 is 2.33 bits per heavy atom. The van der Waals surface area contributed by atoms with Gasteiger partial charge in [-0.1, -0.05) is 30.3 Å². The van der Waals surface area contributed by atoms with Gasteiger partial charge in [-0.25, -0.2) is 0 Å². The predicted octanol–water partition coefficient (Wildman–Crippen LogP) is 2.39. The zero-order valence-corrected chi connectivity index (χ0v) is 8.18. The minimum absolute atomic E-state index is 0. The SMILES string of the molecule is C[C@H](N)CCc1ccccc1.Cl. The lowest BCUT2D eigenvalue weighted by Gasteiger charge is -2.03. The van der Waals surface area contributed by atoms with Crippen LogP contribution in [0.3, 0.4) is 0 Å². The average Bonchev–Trinajstić information content (AvgIpc) is 2.03. The number of halogens is 1. The lowest BCUT2D eigenvalue weighted by atomic mass is 10.1. The maximum Gasteiger partial charge on any atom is 0.00136 e. The summed E-state index contributed by atoms with van der Waals surface area (Å²) in [5, 5.41) is 0. The Hall–Kier alpha value is -0.530. The van der Waals surface area contributed by atoms with E-state index in [0.29, 0.717) is 6.04 Å². The van der Waals surface area contributed by atoms with Crippen molar-refractivity contribution in [2.45, 2.75) is 25.8 Å². The summed E-state index contributed by atoms with van der Waals surface area (Å²) in [6.07, 6.45) is 2.17. The molecule has 1 aromatic carbocycles. The molecular formula is C10H16ClN. The van der Waals surface area contributed by atoms with E-state index >= 15 is 0 Å². The summed E-state index contributed by atoms with van der Waals surface area (Å²) in [6, 6.07) is 10.8. The summed E-state index contributed by atoms with van der Waals surface area (Å²) in [6.45, 7) is 2.04. The summed E-state index contributed by atoms with van der Waals surface area (Å²) in [7, 11) is 0. The third-order valence-corrected chi connectivity index (χ3v) is 1.73. The van der Waals surface area contributed by atoms with Crippen molar-refractivity contribution in [2.75, 3.05) is 0 Å². The zero-order valence-electron chi connectivity index (χ0n) is 7.36. The molecule has 1 nitrogen and oxygen atoms in total. The van der Waals surface area contributed by atoms with Crippen LogP contribution in [0.1, 0.15) is 18.9 Å². The van der Waals surface area contributed by atoms with Crippen LogP contribution >= 0.6 is 12.4 Å². The van der Waals surface area contributed by atoms with Gasteiger partial charge in [0.2, 0.25) is 0 Å². The first-order chi connectivity index (χ1) is 5.29. The number of nitrogens with two attached hydrogens (primary N) is 1. The van der Waals surface area contributed by atoms with Crippen molar-refractivity contribution in [1.29, 1.82) is 0 Å². The van der Waals surface area contributed by atoms with Crippen LogP contribution in [0.25, 0.3) is 0 Å². The van der Waals surface area contributed by atoms with Crippen LogP contribution in [0.2, 0.25) is 0 Å². The molecule has 0 bridgehead atoms. The molecule has 0 spiro atoms. The normalized spacial score (nSPS) is 11.8. The van der Waals surface area contributed by atoms with Gasteiger partial charge in [0.25, 0.3) is 0 Å². The van der Waals surface area contributed by atoms with Gasteiger partial charge in [0, 0.05) is 6.04 Å².